The Morgan fingerprint density at radius 3 is 2.54 bits per heavy atom. The average Bonchev–Trinajstić information content (AvgIpc) is 3.06. The Bertz CT molecular complexity index is 1140. The highest BCUT2D eigenvalue weighted by molar-refractivity contribution is 7.89. The van der Waals surface area contributed by atoms with Crippen LogP contribution >= 0.6 is 0 Å². The van der Waals surface area contributed by atoms with Crippen molar-refractivity contribution in [2.45, 2.75) is 62.7 Å². The summed E-state index contributed by atoms with van der Waals surface area (Å²) in [4.78, 5) is 24.6. The molecule has 1 aliphatic heterocycles. The van der Waals surface area contributed by atoms with Gasteiger partial charge in [0.2, 0.25) is 21.8 Å². The maximum Gasteiger partial charge on any atom is 0.240 e. The molecule has 1 fully saturated rings. The minimum atomic E-state index is -3.63. The zero-order valence-electron chi connectivity index (χ0n) is 20.3. The zero-order valence-corrected chi connectivity index (χ0v) is 21.1. The summed E-state index contributed by atoms with van der Waals surface area (Å²) in [6, 6.07) is 15.0. The predicted octanol–water partition coefficient (Wildman–Crippen LogP) is 3.97. The van der Waals surface area contributed by atoms with E-state index in [1.807, 2.05) is 18.2 Å². The Kier molecular flexibility index (Phi) is 8.23. The lowest BCUT2D eigenvalue weighted by molar-refractivity contribution is -0.126. The van der Waals surface area contributed by atoms with Crippen molar-refractivity contribution in [2.24, 2.45) is 11.8 Å². The monoisotopic (exact) mass is 497 g/mol. The van der Waals surface area contributed by atoms with Crippen molar-refractivity contribution in [1.82, 2.24) is 10.0 Å². The number of carbonyl (C=O) groups is 2. The lowest BCUT2D eigenvalue weighted by atomic mass is 9.81. The van der Waals surface area contributed by atoms with E-state index >= 15 is 0 Å². The maximum atomic E-state index is 12.9. The molecule has 1 atom stereocenters. The molecule has 2 amide bonds. The average molecular weight is 498 g/mol. The molecule has 2 aromatic carbocycles. The van der Waals surface area contributed by atoms with Crippen molar-refractivity contribution in [3.63, 3.8) is 0 Å². The number of nitrogens with one attached hydrogen (secondary N) is 3. The van der Waals surface area contributed by atoms with Gasteiger partial charge < -0.3 is 10.6 Å². The van der Waals surface area contributed by atoms with Crippen LogP contribution in [0.4, 0.5) is 5.69 Å². The van der Waals surface area contributed by atoms with Gasteiger partial charge in [-0.05, 0) is 79.7 Å². The van der Waals surface area contributed by atoms with Crippen LogP contribution in [0.2, 0.25) is 0 Å². The molecule has 0 spiro atoms. The van der Waals surface area contributed by atoms with Crippen LogP contribution in [0, 0.1) is 11.8 Å². The number of rotatable bonds is 8. The highest BCUT2D eigenvalue weighted by Crippen LogP contribution is 2.30. The molecule has 8 heteroatoms. The molecule has 3 N–H and O–H groups in total. The van der Waals surface area contributed by atoms with Gasteiger partial charge in [-0.1, -0.05) is 37.3 Å². The van der Waals surface area contributed by atoms with E-state index in [0.717, 1.165) is 31.2 Å². The first-order valence-corrected chi connectivity index (χ1v) is 14.1. The summed E-state index contributed by atoms with van der Waals surface area (Å²) in [5.41, 5.74) is 2.76. The first kappa shape index (κ1) is 25.4. The topological polar surface area (TPSA) is 104 Å². The van der Waals surface area contributed by atoms with Crippen LogP contribution in [0.5, 0.6) is 0 Å². The fourth-order valence-corrected chi connectivity index (χ4v) is 6.12. The summed E-state index contributed by atoms with van der Waals surface area (Å²) in [5.74, 6) is 0.536. The summed E-state index contributed by atoms with van der Waals surface area (Å²) in [7, 11) is -3.63. The second-order valence-corrected chi connectivity index (χ2v) is 11.6. The van der Waals surface area contributed by atoms with Crippen molar-refractivity contribution in [1.29, 1.82) is 0 Å². The van der Waals surface area contributed by atoms with Crippen molar-refractivity contribution in [3.8, 4) is 0 Å². The fraction of sp³-hybridized carbons (Fsp3) is 0.481. The second-order valence-electron chi connectivity index (χ2n) is 9.85. The van der Waals surface area contributed by atoms with Gasteiger partial charge in [0.05, 0.1) is 4.90 Å². The van der Waals surface area contributed by atoms with Crippen LogP contribution in [0.1, 0.15) is 62.5 Å². The Morgan fingerprint density at radius 2 is 1.80 bits per heavy atom. The lowest BCUT2D eigenvalue weighted by Gasteiger charge is -2.28. The molecule has 0 saturated heterocycles. The molecule has 0 bridgehead atoms. The summed E-state index contributed by atoms with van der Waals surface area (Å²) in [6.07, 6.45) is 5.02. The first-order valence-electron chi connectivity index (χ1n) is 12.6. The van der Waals surface area contributed by atoms with Gasteiger partial charge in [0, 0.05) is 31.1 Å². The predicted molar refractivity (Wildman–Crippen MR) is 137 cm³/mol. The molecule has 2 aliphatic rings. The van der Waals surface area contributed by atoms with E-state index in [9.17, 15) is 18.0 Å². The minimum Gasteiger partial charge on any atom is -0.355 e. The van der Waals surface area contributed by atoms with Gasteiger partial charge in [-0.3, -0.25) is 9.59 Å². The summed E-state index contributed by atoms with van der Waals surface area (Å²) >= 11 is 0. The van der Waals surface area contributed by atoms with E-state index in [2.05, 4.69) is 34.4 Å². The molecule has 4 rings (SSSR count). The van der Waals surface area contributed by atoms with Gasteiger partial charge in [0.1, 0.15) is 0 Å². The van der Waals surface area contributed by atoms with Gasteiger partial charge in [-0.25, -0.2) is 13.1 Å². The zero-order chi connectivity index (χ0) is 24.8. The Hall–Kier alpha value is -2.71. The smallest absolute Gasteiger partial charge is 0.240 e. The highest BCUT2D eigenvalue weighted by atomic mass is 32.2. The molecule has 1 heterocycles. The molecule has 35 heavy (non-hydrogen) atoms. The second kappa shape index (κ2) is 11.4. The third kappa shape index (κ3) is 6.70. The van der Waals surface area contributed by atoms with Gasteiger partial charge in [0.25, 0.3) is 0 Å². The molecule has 1 saturated carbocycles. The number of hydrogen-bond donors (Lipinski definition) is 3. The van der Waals surface area contributed by atoms with Crippen LogP contribution in [0.25, 0.3) is 0 Å². The van der Waals surface area contributed by atoms with Crippen molar-refractivity contribution in [3.05, 3.63) is 59.7 Å². The molecule has 7 nitrogen and oxygen atoms in total. The van der Waals surface area contributed by atoms with Crippen LogP contribution in [0.3, 0.4) is 0 Å². The van der Waals surface area contributed by atoms with Gasteiger partial charge in [-0.15, -0.1) is 0 Å². The van der Waals surface area contributed by atoms with Crippen LogP contribution in [0.15, 0.2) is 53.4 Å². The number of hydrogen-bond acceptors (Lipinski definition) is 4. The standard InChI is InChI=1S/C27H35N3O4S/c1-19(21-6-3-2-4-7-21)17-28-27(32)22-12-10-20(11-13-22)18-29-35(33,34)24-14-15-25-23(16-24)8-5-9-26(31)30-25/h2-4,6-7,14-16,19-20,22,29H,5,8-13,17-18H2,1H3,(H,28,32)(H,30,31)/t19-,20?,22?/m1/s1. The molecule has 2 aromatic rings. The van der Waals surface area contributed by atoms with E-state index in [1.54, 1.807) is 18.2 Å². The summed E-state index contributed by atoms with van der Waals surface area (Å²) in [6.45, 7) is 3.10. The maximum absolute atomic E-state index is 12.9. The molecular formula is C27H35N3O4S. The highest BCUT2D eigenvalue weighted by Gasteiger charge is 2.28. The number of benzene rings is 2. The first-order chi connectivity index (χ1) is 16.8. The number of carbonyl (C=O) groups excluding carboxylic acids is 2. The normalized spacial score (nSPS) is 21.3. The lowest BCUT2D eigenvalue weighted by Crippen LogP contribution is -2.37. The SMILES string of the molecule is C[C@H](CNC(=O)C1CCC(CNS(=O)(=O)c2ccc3c(c2)CCCC(=O)N3)CC1)c1ccccc1. The molecule has 188 valence electrons. The largest absolute Gasteiger partial charge is 0.355 e. The van der Waals surface area contributed by atoms with E-state index in [4.69, 9.17) is 0 Å². The third-order valence-corrected chi connectivity index (χ3v) is 8.66. The van der Waals surface area contributed by atoms with Crippen molar-refractivity contribution in [2.75, 3.05) is 18.4 Å². The van der Waals surface area contributed by atoms with Crippen LogP contribution < -0.4 is 15.4 Å². The fourth-order valence-electron chi connectivity index (χ4n) is 4.96. The summed E-state index contributed by atoms with van der Waals surface area (Å²) < 4.78 is 28.5. The summed E-state index contributed by atoms with van der Waals surface area (Å²) in [5, 5.41) is 5.93. The van der Waals surface area contributed by atoms with Gasteiger partial charge in [-0.2, -0.15) is 0 Å². The minimum absolute atomic E-state index is 0.00868. The van der Waals surface area contributed by atoms with E-state index < -0.39 is 10.0 Å². The molecule has 0 unspecified atom stereocenters. The Balaban J connectivity index is 1.23. The Morgan fingerprint density at radius 1 is 1.06 bits per heavy atom. The van der Waals surface area contributed by atoms with Gasteiger partial charge in [0.15, 0.2) is 0 Å². The molecule has 0 aromatic heterocycles. The molecule has 1 aliphatic carbocycles. The van der Waals surface area contributed by atoms with Gasteiger partial charge >= 0.3 is 0 Å². The van der Waals surface area contributed by atoms with E-state index in [1.165, 1.54) is 5.56 Å². The van der Waals surface area contributed by atoms with Crippen LogP contribution in [-0.4, -0.2) is 33.3 Å². The Labute approximate surface area is 208 Å². The number of fused-ring (bicyclic) bond motifs is 1. The van der Waals surface area contributed by atoms with Crippen molar-refractivity contribution < 1.29 is 18.0 Å². The number of amides is 2. The van der Waals surface area contributed by atoms with E-state index in [0.29, 0.717) is 38.0 Å². The van der Waals surface area contributed by atoms with Crippen molar-refractivity contribution >= 4 is 27.5 Å². The number of anilines is 1. The quantitative estimate of drug-likeness (QED) is 0.513. The third-order valence-electron chi connectivity index (χ3n) is 7.24. The molecule has 0 radical (unpaired) electrons. The van der Waals surface area contributed by atoms with E-state index in [-0.39, 0.29) is 34.5 Å². The molecular weight excluding hydrogens is 462 g/mol. The number of sulfonamides is 1. The van der Waals surface area contributed by atoms with Crippen LogP contribution in [-0.2, 0) is 26.0 Å². The number of aryl methyl sites for hydroxylation is 1.